The van der Waals surface area contributed by atoms with E-state index >= 15 is 0 Å². The van der Waals surface area contributed by atoms with Gasteiger partial charge < -0.3 is 0 Å². The standard InChI is InChI=1S/C33H25Br/c34-21-7-8-23-15-17-25(18-16-23)32-28-11-3-5-13-30(28)33(31-14-6-4-12-29(31)32)27-20-19-24-9-1-2-10-26(24)22-27/h1-6,9-20,22H,7-8,21H2. The molecule has 0 saturated carbocycles. The lowest BCUT2D eigenvalue weighted by molar-refractivity contribution is 0.940. The second-order valence-electron chi connectivity index (χ2n) is 8.89. The van der Waals surface area contributed by atoms with E-state index in [2.05, 4.69) is 131 Å². The van der Waals surface area contributed by atoms with Gasteiger partial charge in [-0.15, -0.1) is 0 Å². The molecular weight excluding hydrogens is 476 g/mol. The maximum atomic E-state index is 3.55. The molecule has 0 saturated heterocycles. The van der Waals surface area contributed by atoms with Gasteiger partial charge in [0.05, 0.1) is 0 Å². The number of benzene rings is 6. The second-order valence-corrected chi connectivity index (χ2v) is 9.69. The number of rotatable bonds is 5. The molecule has 0 aromatic heterocycles. The van der Waals surface area contributed by atoms with Gasteiger partial charge in [-0.2, -0.15) is 0 Å². The molecule has 0 spiro atoms. The van der Waals surface area contributed by atoms with Crippen LogP contribution in [0.2, 0.25) is 0 Å². The van der Waals surface area contributed by atoms with Crippen molar-refractivity contribution in [2.24, 2.45) is 0 Å². The third kappa shape index (κ3) is 3.71. The molecule has 0 bridgehead atoms. The lowest BCUT2D eigenvalue weighted by Crippen LogP contribution is -1.91. The van der Waals surface area contributed by atoms with Crippen LogP contribution in [0.15, 0.2) is 115 Å². The fraction of sp³-hybridized carbons (Fsp3) is 0.0909. The SMILES string of the molecule is BrCCCc1ccc(-c2c3ccccc3c(-c3ccc4ccccc4c3)c3ccccc23)cc1. The molecule has 34 heavy (non-hydrogen) atoms. The van der Waals surface area contributed by atoms with Crippen LogP contribution in [0, 0.1) is 0 Å². The minimum Gasteiger partial charge on any atom is -0.0928 e. The first-order chi connectivity index (χ1) is 16.8. The van der Waals surface area contributed by atoms with Crippen molar-refractivity contribution in [1.29, 1.82) is 0 Å². The topological polar surface area (TPSA) is 0 Å². The number of hydrogen-bond acceptors (Lipinski definition) is 0. The highest BCUT2D eigenvalue weighted by molar-refractivity contribution is 9.09. The van der Waals surface area contributed by atoms with E-state index in [1.165, 1.54) is 60.1 Å². The van der Waals surface area contributed by atoms with E-state index < -0.39 is 0 Å². The molecule has 0 N–H and O–H groups in total. The first-order valence-corrected chi connectivity index (χ1v) is 13.0. The summed E-state index contributed by atoms with van der Waals surface area (Å²) in [6.45, 7) is 0. The number of hydrogen-bond donors (Lipinski definition) is 0. The van der Waals surface area contributed by atoms with Gasteiger partial charge in [0, 0.05) is 5.33 Å². The minimum atomic E-state index is 1.04. The van der Waals surface area contributed by atoms with Crippen LogP contribution in [0.1, 0.15) is 12.0 Å². The van der Waals surface area contributed by atoms with Crippen molar-refractivity contribution in [3.63, 3.8) is 0 Å². The molecule has 0 aliphatic carbocycles. The van der Waals surface area contributed by atoms with Crippen molar-refractivity contribution in [1.82, 2.24) is 0 Å². The van der Waals surface area contributed by atoms with Gasteiger partial charge in [0.15, 0.2) is 0 Å². The molecule has 0 heterocycles. The van der Waals surface area contributed by atoms with Crippen LogP contribution in [-0.4, -0.2) is 5.33 Å². The fourth-order valence-corrected chi connectivity index (χ4v) is 5.48. The highest BCUT2D eigenvalue weighted by atomic mass is 79.9. The van der Waals surface area contributed by atoms with Gasteiger partial charge >= 0.3 is 0 Å². The molecule has 6 aromatic carbocycles. The molecule has 6 aromatic rings. The van der Waals surface area contributed by atoms with Crippen molar-refractivity contribution < 1.29 is 0 Å². The summed E-state index contributed by atoms with van der Waals surface area (Å²) in [5.74, 6) is 0. The molecule has 0 aliphatic heterocycles. The molecule has 164 valence electrons. The Morgan fingerprint density at radius 3 is 1.56 bits per heavy atom. The first-order valence-electron chi connectivity index (χ1n) is 11.9. The van der Waals surface area contributed by atoms with Crippen LogP contribution < -0.4 is 0 Å². The van der Waals surface area contributed by atoms with E-state index in [1.54, 1.807) is 0 Å². The maximum absolute atomic E-state index is 3.55. The Morgan fingerprint density at radius 1 is 0.471 bits per heavy atom. The molecule has 0 aliphatic rings. The highest BCUT2D eigenvalue weighted by Crippen LogP contribution is 2.44. The summed E-state index contributed by atoms with van der Waals surface area (Å²) in [5, 5.41) is 8.80. The van der Waals surface area contributed by atoms with Gasteiger partial charge in [-0.25, -0.2) is 0 Å². The number of halogens is 1. The molecule has 0 radical (unpaired) electrons. The summed E-state index contributed by atoms with van der Waals surface area (Å²) in [4.78, 5) is 0. The first kappa shape index (κ1) is 21.1. The van der Waals surface area contributed by atoms with Crippen molar-refractivity contribution in [2.45, 2.75) is 12.8 Å². The molecule has 0 unspecified atom stereocenters. The fourth-order valence-electron chi connectivity index (χ4n) is 5.20. The van der Waals surface area contributed by atoms with Crippen LogP contribution in [0.3, 0.4) is 0 Å². The zero-order valence-corrected chi connectivity index (χ0v) is 20.6. The number of aryl methyl sites for hydroxylation is 1. The van der Waals surface area contributed by atoms with Crippen molar-refractivity contribution >= 4 is 48.2 Å². The average Bonchev–Trinajstić information content (AvgIpc) is 2.90. The van der Waals surface area contributed by atoms with E-state index in [0.29, 0.717) is 0 Å². The zero-order valence-electron chi connectivity index (χ0n) is 19.0. The Hall–Kier alpha value is -3.42. The summed E-state index contributed by atoms with van der Waals surface area (Å²) < 4.78 is 0. The largest absolute Gasteiger partial charge is 0.0928 e. The predicted octanol–water partition coefficient (Wildman–Crippen LogP) is 9.81. The highest BCUT2D eigenvalue weighted by Gasteiger charge is 2.16. The maximum Gasteiger partial charge on any atom is 0.00344 e. The molecule has 0 fully saturated rings. The Labute approximate surface area is 209 Å². The Kier molecular flexibility index (Phi) is 5.65. The van der Waals surface area contributed by atoms with Crippen LogP contribution >= 0.6 is 15.9 Å². The van der Waals surface area contributed by atoms with E-state index in [4.69, 9.17) is 0 Å². The zero-order chi connectivity index (χ0) is 22.9. The molecule has 1 heteroatoms. The second kappa shape index (κ2) is 9.08. The van der Waals surface area contributed by atoms with Crippen molar-refractivity contribution in [3.8, 4) is 22.3 Å². The molecule has 6 rings (SSSR count). The third-order valence-electron chi connectivity index (χ3n) is 6.81. The van der Waals surface area contributed by atoms with Gasteiger partial charge in [-0.3, -0.25) is 0 Å². The number of fused-ring (bicyclic) bond motifs is 3. The van der Waals surface area contributed by atoms with Crippen molar-refractivity contribution in [2.75, 3.05) is 5.33 Å². The number of alkyl halides is 1. The van der Waals surface area contributed by atoms with Crippen molar-refractivity contribution in [3.05, 3.63) is 121 Å². The molecular formula is C33H25Br. The van der Waals surface area contributed by atoms with E-state index in [9.17, 15) is 0 Å². The molecule has 0 atom stereocenters. The normalized spacial score (nSPS) is 11.4. The van der Waals surface area contributed by atoms with Crippen LogP contribution in [-0.2, 0) is 6.42 Å². The van der Waals surface area contributed by atoms with Crippen LogP contribution in [0.4, 0.5) is 0 Å². The van der Waals surface area contributed by atoms with Gasteiger partial charge in [0.25, 0.3) is 0 Å². The summed E-state index contributed by atoms with van der Waals surface area (Å²) in [7, 11) is 0. The molecule has 0 amide bonds. The van der Waals surface area contributed by atoms with E-state index in [1.807, 2.05) is 0 Å². The monoisotopic (exact) mass is 500 g/mol. The van der Waals surface area contributed by atoms with E-state index in [-0.39, 0.29) is 0 Å². The lowest BCUT2D eigenvalue weighted by Gasteiger charge is -2.18. The lowest BCUT2D eigenvalue weighted by atomic mass is 9.85. The Bertz CT molecular complexity index is 1570. The Morgan fingerprint density at radius 2 is 0.971 bits per heavy atom. The van der Waals surface area contributed by atoms with Gasteiger partial charge in [0.1, 0.15) is 0 Å². The van der Waals surface area contributed by atoms with E-state index in [0.717, 1.165) is 18.2 Å². The summed E-state index contributed by atoms with van der Waals surface area (Å²) in [5.41, 5.74) is 6.57. The Balaban J connectivity index is 1.64. The van der Waals surface area contributed by atoms with Crippen LogP contribution in [0.5, 0.6) is 0 Å². The summed E-state index contributed by atoms with van der Waals surface area (Å²) in [6, 6.07) is 42.4. The smallest absolute Gasteiger partial charge is 0.00344 e. The third-order valence-corrected chi connectivity index (χ3v) is 7.37. The molecule has 0 nitrogen and oxygen atoms in total. The average molecular weight is 501 g/mol. The van der Waals surface area contributed by atoms with Gasteiger partial charge in [0.2, 0.25) is 0 Å². The van der Waals surface area contributed by atoms with Gasteiger partial charge in [-0.05, 0) is 79.0 Å². The summed E-state index contributed by atoms with van der Waals surface area (Å²) in [6.07, 6.45) is 2.26. The van der Waals surface area contributed by atoms with Gasteiger partial charge in [-0.1, -0.05) is 125 Å². The predicted molar refractivity (Wildman–Crippen MR) is 152 cm³/mol. The minimum absolute atomic E-state index is 1.04. The van der Waals surface area contributed by atoms with Crippen LogP contribution in [0.25, 0.3) is 54.6 Å². The quantitative estimate of drug-likeness (QED) is 0.163. The summed E-state index contributed by atoms with van der Waals surface area (Å²) >= 11 is 3.55.